The van der Waals surface area contributed by atoms with Gasteiger partial charge in [0.05, 0.1) is 23.2 Å². The molecule has 0 atom stereocenters. The summed E-state index contributed by atoms with van der Waals surface area (Å²) in [6, 6.07) is 7.14. The molecule has 0 radical (unpaired) electrons. The van der Waals surface area contributed by atoms with Crippen LogP contribution in [0, 0.1) is 13.8 Å². The minimum absolute atomic E-state index is 0.202. The van der Waals surface area contributed by atoms with Crippen LogP contribution in [-0.4, -0.2) is 19.0 Å². The van der Waals surface area contributed by atoms with Gasteiger partial charge in [0.15, 0.2) is 0 Å². The molecule has 0 unspecified atom stereocenters. The van der Waals surface area contributed by atoms with Crippen LogP contribution < -0.4 is 5.32 Å². The lowest BCUT2D eigenvalue weighted by molar-refractivity contribution is 0.0602. The van der Waals surface area contributed by atoms with Gasteiger partial charge < -0.3 is 10.1 Å². The van der Waals surface area contributed by atoms with Gasteiger partial charge in [0.1, 0.15) is 0 Å². The van der Waals surface area contributed by atoms with Crippen molar-refractivity contribution in [1.29, 1.82) is 0 Å². The van der Waals surface area contributed by atoms with Crippen LogP contribution in [0.2, 0.25) is 0 Å². The van der Waals surface area contributed by atoms with Gasteiger partial charge in [-0.2, -0.15) is 0 Å². The van der Waals surface area contributed by atoms with Gasteiger partial charge >= 0.3 is 5.97 Å². The molecule has 0 aliphatic rings. The van der Waals surface area contributed by atoms with Gasteiger partial charge in [0, 0.05) is 4.88 Å². The van der Waals surface area contributed by atoms with Crippen molar-refractivity contribution in [3.05, 3.63) is 50.7 Å². The lowest BCUT2D eigenvalue weighted by Gasteiger charge is -2.12. The van der Waals surface area contributed by atoms with E-state index in [0.717, 1.165) is 17.5 Å². The van der Waals surface area contributed by atoms with Crippen molar-refractivity contribution in [3.8, 4) is 0 Å². The SMILES string of the molecule is CCc1sc(C(=O)Nc2c(C)cccc2C(=O)OC)cc1C. The van der Waals surface area contributed by atoms with Gasteiger partial charge in [-0.25, -0.2) is 4.79 Å². The number of benzene rings is 1. The fourth-order valence-electron chi connectivity index (χ4n) is 2.27. The van der Waals surface area contributed by atoms with Gasteiger partial charge in [-0.1, -0.05) is 19.1 Å². The Bertz CT molecular complexity index is 719. The van der Waals surface area contributed by atoms with Gasteiger partial charge in [-0.3, -0.25) is 4.79 Å². The zero-order valence-electron chi connectivity index (χ0n) is 13.1. The van der Waals surface area contributed by atoms with E-state index in [1.165, 1.54) is 23.3 Å². The van der Waals surface area contributed by atoms with E-state index >= 15 is 0 Å². The maximum atomic E-state index is 12.5. The highest BCUT2D eigenvalue weighted by molar-refractivity contribution is 7.14. The Kier molecular flexibility index (Phi) is 4.98. The Balaban J connectivity index is 2.33. The van der Waals surface area contributed by atoms with E-state index in [4.69, 9.17) is 4.74 Å². The molecule has 4 nitrogen and oxygen atoms in total. The molecule has 1 heterocycles. The van der Waals surface area contributed by atoms with Crippen molar-refractivity contribution < 1.29 is 14.3 Å². The Morgan fingerprint density at radius 1 is 1.23 bits per heavy atom. The van der Waals surface area contributed by atoms with E-state index in [1.807, 2.05) is 26.0 Å². The first-order valence-electron chi connectivity index (χ1n) is 7.06. The topological polar surface area (TPSA) is 55.4 Å². The van der Waals surface area contributed by atoms with Crippen LogP contribution in [0.15, 0.2) is 24.3 Å². The molecule has 1 aromatic carbocycles. The third-order valence-electron chi connectivity index (χ3n) is 3.48. The molecule has 0 bridgehead atoms. The number of hydrogen-bond acceptors (Lipinski definition) is 4. The molecule has 0 fully saturated rings. The Morgan fingerprint density at radius 2 is 1.95 bits per heavy atom. The molecule has 0 aliphatic carbocycles. The number of para-hydroxylation sites is 1. The highest BCUT2D eigenvalue weighted by Crippen LogP contribution is 2.26. The van der Waals surface area contributed by atoms with Gasteiger partial charge in [0.2, 0.25) is 0 Å². The maximum Gasteiger partial charge on any atom is 0.339 e. The number of methoxy groups -OCH3 is 1. The highest BCUT2D eigenvalue weighted by Gasteiger charge is 2.18. The predicted octanol–water partition coefficient (Wildman–Crippen LogP) is 3.97. The van der Waals surface area contributed by atoms with Crippen LogP contribution in [0.25, 0.3) is 0 Å². The molecule has 1 aromatic heterocycles. The van der Waals surface area contributed by atoms with Crippen LogP contribution in [0.5, 0.6) is 0 Å². The van der Waals surface area contributed by atoms with Gasteiger partial charge in [-0.15, -0.1) is 11.3 Å². The predicted molar refractivity (Wildman–Crippen MR) is 88.9 cm³/mol. The second-order valence-corrected chi connectivity index (χ2v) is 6.15. The summed E-state index contributed by atoms with van der Waals surface area (Å²) in [5.41, 5.74) is 2.80. The second-order valence-electron chi connectivity index (χ2n) is 5.01. The van der Waals surface area contributed by atoms with Crippen molar-refractivity contribution in [2.24, 2.45) is 0 Å². The summed E-state index contributed by atoms with van der Waals surface area (Å²) in [6.45, 7) is 5.91. The molecule has 5 heteroatoms. The summed E-state index contributed by atoms with van der Waals surface area (Å²) < 4.78 is 4.77. The fourth-order valence-corrected chi connectivity index (χ4v) is 3.28. The molecule has 2 aromatic rings. The van der Waals surface area contributed by atoms with Crippen LogP contribution in [0.4, 0.5) is 5.69 Å². The number of thiophene rings is 1. The second kappa shape index (κ2) is 6.75. The molecule has 0 aliphatic heterocycles. The summed E-state index contributed by atoms with van der Waals surface area (Å²) in [4.78, 5) is 26.1. The number of esters is 1. The summed E-state index contributed by atoms with van der Waals surface area (Å²) >= 11 is 1.48. The number of nitrogens with one attached hydrogen (secondary N) is 1. The number of carbonyl (C=O) groups excluding carboxylic acids is 2. The lowest BCUT2D eigenvalue weighted by atomic mass is 10.1. The average Bonchev–Trinajstić information content (AvgIpc) is 2.89. The first kappa shape index (κ1) is 16.2. The van der Waals surface area contributed by atoms with Crippen molar-refractivity contribution >= 4 is 28.9 Å². The van der Waals surface area contributed by atoms with Crippen molar-refractivity contribution in [3.63, 3.8) is 0 Å². The number of amides is 1. The smallest absolute Gasteiger partial charge is 0.339 e. The van der Waals surface area contributed by atoms with E-state index in [-0.39, 0.29) is 5.91 Å². The quantitative estimate of drug-likeness (QED) is 0.868. The first-order chi connectivity index (χ1) is 10.5. The van der Waals surface area contributed by atoms with Crippen molar-refractivity contribution in [1.82, 2.24) is 0 Å². The molecular formula is C17H19NO3S. The minimum Gasteiger partial charge on any atom is -0.465 e. The minimum atomic E-state index is -0.462. The summed E-state index contributed by atoms with van der Waals surface area (Å²) in [6.07, 6.45) is 0.904. The standard InChI is InChI=1S/C17H19NO3S/c1-5-13-11(3)9-14(22-13)16(19)18-15-10(2)7-6-8-12(15)17(20)21-4/h6-9H,5H2,1-4H3,(H,18,19). The number of carbonyl (C=O) groups is 2. The molecule has 22 heavy (non-hydrogen) atoms. The molecule has 1 N–H and O–H groups in total. The fraction of sp³-hybridized carbons (Fsp3) is 0.294. The van der Waals surface area contributed by atoms with Gasteiger partial charge in [-0.05, 0) is 43.5 Å². The highest BCUT2D eigenvalue weighted by atomic mass is 32.1. The number of aryl methyl sites for hydroxylation is 3. The van der Waals surface area contributed by atoms with Crippen LogP contribution in [0.1, 0.15) is 43.0 Å². The summed E-state index contributed by atoms with van der Waals surface area (Å²) in [5.74, 6) is -0.664. The van der Waals surface area contributed by atoms with Crippen molar-refractivity contribution in [2.45, 2.75) is 27.2 Å². The van der Waals surface area contributed by atoms with E-state index in [2.05, 4.69) is 12.2 Å². The lowest BCUT2D eigenvalue weighted by Crippen LogP contribution is -2.15. The molecule has 0 saturated heterocycles. The number of anilines is 1. The Morgan fingerprint density at radius 3 is 2.55 bits per heavy atom. The number of rotatable bonds is 4. The summed E-state index contributed by atoms with van der Waals surface area (Å²) in [5, 5.41) is 2.85. The Hall–Kier alpha value is -2.14. The molecular weight excluding hydrogens is 298 g/mol. The normalized spacial score (nSPS) is 10.4. The molecule has 116 valence electrons. The van der Waals surface area contributed by atoms with Gasteiger partial charge in [0.25, 0.3) is 5.91 Å². The number of ether oxygens (including phenoxy) is 1. The average molecular weight is 317 g/mol. The molecule has 0 saturated carbocycles. The van der Waals surface area contributed by atoms with Crippen LogP contribution in [-0.2, 0) is 11.2 Å². The third kappa shape index (κ3) is 3.20. The molecule has 0 spiro atoms. The zero-order valence-corrected chi connectivity index (χ0v) is 14.0. The Labute approximate surface area is 134 Å². The van der Waals surface area contributed by atoms with E-state index < -0.39 is 5.97 Å². The van der Waals surface area contributed by atoms with E-state index in [1.54, 1.807) is 12.1 Å². The third-order valence-corrected chi connectivity index (χ3v) is 4.86. The number of hydrogen-bond donors (Lipinski definition) is 1. The van der Waals surface area contributed by atoms with Crippen molar-refractivity contribution in [2.75, 3.05) is 12.4 Å². The van der Waals surface area contributed by atoms with Crippen LogP contribution in [0.3, 0.4) is 0 Å². The monoisotopic (exact) mass is 317 g/mol. The molecule has 2 rings (SSSR count). The van der Waals surface area contributed by atoms with Crippen LogP contribution >= 0.6 is 11.3 Å². The summed E-state index contributed by atoms with van der Waals surface area (Å²) in [7, 11) is 1.33. The maximum absolute atomic E-state index is 12.5. The largest absolute Gasteiger partial charge is 0.465 e. The van der Waals surface area contributed by atoms with E-state index in [9.17, 15) is 9.59 Å². The molecule has 1 amide bonds. The van der Waals surface area contributed by atoms with E-state index in [0.29, 0.717) is 16.1 Å². The zero-order chi connectivity index (χ0) is 16.3. The first-order valence-corrected chi connectivity index (χ1v) is 7.88.